The number of phosphoric acid groups is 1. The van der Waals surface area contributed by atoms with Crippen LogP contribution in [0.25, 0.3) is 0 Å². The SMILES string of the molecule is CCCCCCCCCCCCCCCCCCCCCCCCCCCC/C=C/C(O)C(COP(=O)(O)OCC[N+](C)(C)C)NC(=O)CCCCCCCCCCCCCCCC. The third-order valence-corrected chi connectivity index (χ3v) is 14.0. The highest BCUT2D eigenvalue weighted by Gasteiger charge is 2.27. The van der Waals surface area contributed by atoms with Crippen molar-refractivity contribution in [3.8, 4) is 0 Å². The first-order valence-electron chi connectivity index (χ1n) is 28.1. The van der Waals surface area contributed by atoms with Crippen LogP contribution in [0.2, 0.25) is 0 Å². The quantitative estimate of drug-likeness (QED) is 0.0243. The normalized spacial score (nSPS) is 14.0. The predicted molar refractivity (Wildman–Crippen MR) is 277 cm³/mol. The van der Waals surface area contributed by atoms with E-state index in [0.29, 0.717) is 17.4 Å². The average Bonchev–Trinajstić information content (AvgIpc) is 3.25. The zero-order valence-corrected chi connectivity index (χ0v) is 44.4. The molecule has 0 saturated carbocycles. The zero-order valence-electron chi connectivity index (χ0n) is 43.6. The summed E-state index contributed by atoms with van der Waals surface area (Å²) in [6.07, 6.45) is 57.4. The van der Waals surface area contributed by atoms with Gasteiger partial charge in [-0.25, -0.2) is 4.57 Å². The van der Waals surface area contributed by atoms with E-state index in [1.165, 1.54) is 231 Å². The van der Waals surface area contributed by atoms with Gasteiger partial charge < -0.3 is 19.8 Å². The van der Waals surface area contributed by atoms with Gasteiger partial charge in [-0.1, -0.05) is 270 Å². The lowest BCUT2D eigenvalue weighted by molar-refractivity contribution is -0.870. The van der Waals surface area contributed by atoms with Crippen molar-refractivity contribution in [3.63, 3.8) is 0 Å². The number of nitrogens with one attached hydrogen (secondary N) is 1. The van der Waals surface area contributed by atoms with Crippen LogP contribution < -0.4 is 5.32 Å². The number of likely N-dealkylation sites (N-methyl/N-ethyl adjacent to an activating group) is 1. The number of carbonyl (C=O) groups is 1. The summed E-state index contributed by atoms with van der Waals surface area (Å²) in [4.78, 5) is 23.2. The van der Waals surface area contributed by atoms with Gasteiger partial charge in [0.1, 0.15) is 13.2 Å². The summed E-state index contributed by atoms with van der Waals surface area (Å²) in [5.41, 5.74) is 0. The van der Waals surface area contributed by atoms with E-state index in [1.54, 1.807) is 6.08 Å². The maximum Gasteiger partial charge on any atom is 0.472 e. The lowest BCUT2D eigenvalue weighted by Gasteiger charge is -2.25. The number of carbonyl (C=O) groups excluding carboxylic acids is 1. The molecule has 0 fully saturated rings. The number of quaternary nitrogens is 1. The van der Waals surface area contributed by atoms with Gasteiger partial charge in [-0.15, -0.1) is 0 Å². The van der Waals surface area contributed by atoms with Gasteiger partial charge in [0.25, 0.3) is 0 Å². The fourth-order valence-electron chi connectivity index (χ4n) is 8.57. The number of amides is 1. The Hall–Kier alpha value is -0.760. The summed E-state index contributed by atoms with van der Waals surface area (Å²) in [5.74, 6) is -0.172. The maximum absolute atomic E-state index is 12.9. The molecule has 0 aliphatic rings. The summed E-state index contributed by atoms with van der Waals surface area (Å²) in [6, 6.07) is -0.841. The molecule has 64 heavy (non-hydrogen) atoms. The Balaban J connectivity index is 4.12. The highest BCUT2D eigenvalue weighted by Crippen LogP contribution is 2.43. The van der Waals surface area contributed by atoms with E-state index < -0.39 is 20.0 Å². The van der Waals surface area contributed by atoms with Crippen molar-refractivity contribution in [2.75, 3.05) is 40.9 Å². The van der Waals surface area contributed by atoms with Crippen LogP contribution >= 0.6 is 7.82 Å². The largest absolute Gasteiger partial charge is 0.472 e. The molecule has 0 aromatic heterocycles. The second kappa shape index (κ2) is 47.3. The first kappa shape index (κ1) is 63.2. The smallest absolute Gasteiger partial charge is 0.387 e. The zero-order chi connectivity index (χ0) is 47.1. The van der Waals surface area contributed by atoms with Gasteiger partial charge in [-0.05, 0) is 19.3 Å². The monoisotopic (exact) mass is 928 g/mol. The number of aliphatic hydroxyl groups is 1. The van der Waals surface area contributed by atoms with Crippen LogP contribution in [0.5, 0.6) is 0 Å². The van der Waals surface area contributed by atoms with E-state index in [1.807, 2.05) is 27.2 Å². The van der Waals surface area contributed by atoms with Gasteiger partial charge in [-0.3, -0.25) is 13.8 Å². The second-order valence-corrected chi connectivity index (χ2v) is 22.1. The number of hydrogen-bond acceptors (Lipinski definition) is 5. The van der Waals surface area contributed by atoms with Crippen molar-refractivity contribution in [2.24, 2.45) is 0 Å². The van der Waals surface area contributed by atoms with Gasteiger partial charge in [0.15, 0.2) is 0 Å². The summed E-state index contributed by atoms with van der Waals surface area (Å²) in [7, 11) is 1.59. The van der Waals surface area contributed by atoms with E-state index in [4.69, 9.17) is 9.05 Å². The fraction of sp³-hybridized carbons (Fsp3) is 0.945. The summed E-state index contributed by atoms with van der Waals surface area (Å²) in [5, 5.41) is 13.9. The minimum Gasteiger partial charge on any atom is -0.387 e. The molecule has 8 nitrogen and oxygen atoms in total. The third-order valence-electron chi connectivity index (χ3n) is 13.0. The van der Waals surface area contributed by atoms with Crippen LogP contribution in [0.3, 0.4) is 0 Å². The first-order valence-corrected chi connectivity index (χ1v) is 29.6. The molecule has 9 heteroatoms. The molecule has 3 atom stereocenters. The number of aliphatic hydroxyl groups excluding tert-OH is 1. The molecule has 0 aromatic carbocycles. The van der Waals surface area contributed by atoms with Gasteiger partial charge in [0.2, 0.25) is 5.91 Å². The molecule has 0 aliphatic heterocycles. The van der Waals surface area contributed by atoms with Crippen molar-refractivity contribution >= 4 is 13.7 Å². The second-order valence-electron chi connectivity index (χ2n) is 20.7. The minimum atomic E-state index is -4.34. The maximum atomic E-state index is 12.9. The van der Waals surface area contributed by atoms with Crippen LogP contribution in [0.15, 0.2) is 12.2 Å². The van der Waals surface area contributed by atoms with Gasteiger partial charge in [-0.2, -0.15) is 0 Å². The van der Waals surface area contributed by atoms with Gasteiger partial charge in [0.05, 0.1) is 39.9 Å². The number of rotatable bonds is 52. The van der Waals surface area contributed by atoms with Crippen LogP contribution in [0.1, 0.15) is 284 Å². The van der Waals surface area contributed by atoms with Crippen molar-refractivity contribution in [1.82, 2.24) is 5.32 Å². The van der Waals surface area contributed by atoms with Crippen molar-refractivity contribution in [2.45, 2.75) is 296 Å². The van der Waals surface area contributed by atoms with Gasteiger partial charge >= 0.3 is 7.82 Å². The van der Waals surface area contributed by atoms with E-state index in [2.05, 4.69) is 19.2 Å². The van der Waals surface area contributed by atoms with Crippen LogP contribution in [0.4, 0.5) is 0 Å². The molecular formula is C55H112N2O6P+. The van der Waals surface area contributed by atoms with Crippen LogP contribution in [0, 0.1) is 0 Å². The summed E-state index contributed by atoms with van der Waals surface area (Å²) >= 11 is 0. The molecule has 0 saturated heterocycles. The minimum absolute atomic E-state index is 0.0650. The lowest BCUT2D eigenvalue weighted by atomic mass is 10.0. The topological polar surface area (TPSA) is 105 Å². The standard InChI is InChI=1S/C55H111N2O6P/c1-6-8-10-12-14-16-18-20-22-23-24-25-26-27-28-29-30-31-32-33-34-35-36-38-40-42-44-46-48-54(58)53(52-63-64(60,61)62-51-50-57(3,4)5)56-55(59)49-47-45-43-41-39-37-21-19-17-15-13-11-9-7-2/h46,48,53-54,58H,6-45,47,49-52H2,1-5H3,(H-,56,59,60,61)/p+1/b48-46+. The van der Waals surface area contributed by atoms with E-state index >= 15 is 0 Å². The third kappa shape index (κ3) is 49.2. The van der Waals surface area contributed by atoms with Gasteiger partial charge in [0, 0.05) is 6.42 Å². The Morgan fingerprint density at radius 1 is 0.516 bits per heavy atom. The Morgan fingerprint density at radius 2 is 0.828 bits per heavy atom. The Kier molecular flexibility index (Phi) is 46.8. The molecule has 0 rings (SSSR count). The molecule has 0 aromatic rings. The van der Waals surface area contributed by atoms with Crippen molar-refractivity contribution in [1.29, 1.82) is 0 Å². The Morgan fingerprint density at radius 3 is 1.16 bits per heavy atom. The Bertz CT molecular complexity index is 1050. The number of nitrogens with zero attached hydrogens (tertiary/aromatic N) is 1. The molecule has 1 amide bonds. The van der Waals surface area contributed by atoms with E-state index in [9.17, 15) is 19.4 Å². The van der Waals surface area contributed by atoms with Crippen molar-refractivity contribution < 1.29 is 32.9 Å². The molecule has 3 N–H and O–H groups in total. The first-order chi connectivity index (χ1) is 31.0. The summed E-state index contributed by atoms with van der Waals surface area (Å²) < 4.78 is 23.7. The Labute approximate surface area is 399 Å². The van der Waals surface area contributed by atoms with Crippen molar-refractivity contribution in [3.05, 3.63) is 12.2 Å². The number of phosphoric ester groups is 1. The summed E-state index contributed by atoms with van der Waals surface area (Å²) in [6.45, 7) is 4.85. The molecule has 382 valence electrons. The van der Waals surface area contributed by atoms with E-state index in [0.717, 1.165) is 32.1 Å². The predicted octanol–water partition coefficient (Wildman–Crippen LogP) is 16.7. The number of hydrogen-bond donors (Lipinski definition) is 3. The highest BCUT2D eigenvalue weighted by atomic mass is 31.2. The van der Waals surface area contributed by atoms with Crippen LogP contribution in [-0.4, -0.2) is 73.4 Å². The molecule has 0 heterocycles. The van der Waals surface area contributed by atoms with E-state index in [-0.39, 0.29) is 19.1 Å². The molecule has 0 aliphatic carbocycles. The molecule has 3 unspecified atom stereocenters. The molecular weight excluding hydrogens is 816 g/mol. The molecule has 0 radical (unpaired) electrons. The molecule has 0 spiro atoms. The molecule has 0 bridgehead atoms. The lowest BCUT2D eigenvalue weighted by Crippen LogP contribution is -2.45. The number of unbranched alkanes of at least 4 members (excludes halogenated alkanes) is 39. The average molecular weight is 928 g/mol. The highest BCUT2D eigenvalue weighted by molar-refractivity contribution is 7.47. The van der Waals surface area contributed by atoms with Crippen LogP contribution in [-0.2, 0) is 18.4 Å². The number of allylic oxidation sites excluding steroid dienone is 1. The fourth-order valence-corrected chi connectivity index (χ4v) is 9.31.